The minimum Gasteiger partial charge on any atom is -0.313 e. The second kappa shape index (κ2) is 4.77. The lowest BCUT2D eigenvalue weighted by Gasteiger charge is -2.24. The minimum atomic E-state index is -0.196. The van der Waals surface area contributed by atoms with Crippen LogP contribution in [0.3, 0.4) is 0 Å². The first kappa shape index (κ1) is 12.6. The molecule has 0 saturated heterocycles. The first-order valence-corrected chi connectivity index (χ1v) is 5.93. The topological polar surface area (TPSA) is 17.8 Å². The van der Waals surface area contributed by atoms with E-state index in [0.717, 1.165) is 5.57 Å². The average molecular weight is 244 g/mol. The maximum Gasteiger partial charge on any atom is 0.130 e. The van der Waals surface area contributed by atoms with Gasteiger partial charge in [-0.25, -0.2) is 9.37 Å². The summed E-state index contributed by atoms with van der Waals surface area (Å²) in [7, 11) is 0. The third-order valence-corrected chi connectivity index (χ3v) is 2.78. The van der Waals surface area contributed by atoms with E-state index in [2.05, 4.69) is 25.8 Å². The monoisotopic (exact) mass is 244 g/mol. The van der Waals surface area contributed by atoms with Gasteiger partial charge in [0, 0.05) is 24.2 Å². The Morgan fingerprint density at radius 1 is 1.28 bits per heavy atom. The van der Waals surface area contributed by atoms with Gasteiger partial charge in [-0.3, -0.25) is 0 Å². The molecule has 0 amide bonds. The SMILES string of the molecule is CC(C)(C)C(=Cn1ccnc1)c1ccccc1F. The summed E-state index contributed by atoms with van der Waals surface area (Å²) in [5, 5.41) is 0. The molecule has 0 saturated carbocycles. The van der Waals surface area contributed by atoms with Crippen molar-refractivity contribution in [3.8, 4) is 0 Å². The maximum atomic E-state index is 13.9. The van der Waals surface area contributed by atoms with Gasteiger partial charge in [0.15, 0.2) is 0 Å². The van der Waals surface area contributed by atoms with E-state index in [9.17, 15) is 4.39 Å². The first-order valence-electron chi connectivity index (χ1n) is 5.93. The van der Waals surface area contributed by atoms with Crippen LogP contribution in [0.2, 0.25) is 0 Å². The van der Waals surface area contributed by atoms with Crippen LogP contribution in [-0.2, 0) is 0 Å². The number of halogens is 1. The van der Waals surface area contributed by atoms with Gasteiger partial charge in [0.25, 0.3) is 0 Å². The van der Waals surface area contributed by atoms with Crippen LogP contribution in [0.1, 0.15) is 26.3 Å². The average Bonchev–Trinajstić information content (AvgIpc) is 2.78. The highest BCUT2D eigenvalue weighted by Crippen LogP contribution is 2.35. The zero-order valence-corrected chi connectivity index (χ0v) is 10.9. The summed E-state index contributed by atoms with van der Waals surface area (Å²) in [4.78, 5) is 4.00. The molecule has 94 valence electrons. The molecule has 0 spiro atoms. The maximum absolute atomic E-state index is 13.9. The Morgan fingerprint density at radius 3 is 2.56 bits per heavy atom. The number of benzene rings is 1. The molecule has 3 heteroatoms. The summed E-state index contributed by atoms with van der Waals surface area (Å²) in [5.74, 6) is -0.196. The zero-order chi connectivity index (χ0) is 13.2. The Labute approximate surface area is 107 Å². The van der Waals surface area contributed by atoms with E-state index in [0.29, 0.717) is 5.56 Å². The number of allylic oxidation sites excluding steroid dienone is 1. The molecule has 1 heterocycles. The Morgan fingerprint density at radius 2 is 2.00 bits per heavy atom. The van der Waals surface area contributed by atoms with Gasteiger partial charge >= 0.3 is 0 Å². The lowest BCUT2D eigenvalue weighted by molar-refractivity contribution is 0.556. The molecule has 0 N–H and O–H groups in total. The molecule has 0 atom stereocenters. The predicted molar refractivity (Wildman–Crippen MR) is 72.2 cm³/mol. The first-order chi connectivity index (χ1) is 8.48. The molecule has 1 aromatic heterocycles. The van der Waals surface area contributed by atoms with E-state index < -0.39 is 0 Å². The van der Waals surface area contributed by atoms with Crippen molar-refractivity contribution >= 4 is 11.8 Å². The van der Waals surface area contributed by atoms with Crippen LogP contribution < -0.4 is 0 Å². The van der Waals surface area contributed by atoms with E-state index >= 15 is 0 Å². The molecule has 0 aliphatic rings. The van der Waals surface area contributed by atoms with E-state index in [1.165, 1.54) is 6.07 Å². The van der Waals surface area contributed by atoms with Crippen LogP contribution in [0.15, 0.2) is 43.0 Å². The van der Waals surface area contributed by atoms with Crippen molar-refractivity contribution in [1.82, 2.24) is 9.55 Å². The third kappa shape index (κ3) is 2.67. The highest BCUT2D eigenvalue weighted by Gasteiger charge is 2.21. The Bertz CT molecular complexity index is 548. The fourth-order valence-electron chi connectivity index (χ4n) is 1.84. The van der Waals surface area contributed by atoms with Gasteiger partial charge in [-0.2, -0.15) is 0 Å². The van der Waals surface area contributed by atoms with Gasteiger partial charge in [-0.05, 0) is 17.1 Å². The van der Waals surface area contributed by atoms with Crippen molar-refractivity contribution in [3.63, 3.8) is 0 Å². The van der Waals surface area contributed by atoms with Crippen LogP contribution in [0.4, 0.5) is 4.39 Å². The lowest BCUT2D eigenvalue weighted by Crippen LogP contribution is -2.10. The van der Waals surface area contributed by atoms with Crippen molar-refractivity contribution in [3.05, 3.63) is 54.4 Å². The van der Waals surface area contributed by atoms with Crippen molar-refractivity contribution in [2.75, 3.05) is 0 Å². The summed E-state index contributed by atoms with van der Waals surface area (Å²) >= 11 is 0. The normalized spacial score (nSPS) is 12.8. The largest absolute Gasteiger partial charge is 0.313 e. The van der Waals surface area contributed by atoms with Crippen LogP contribution in [0.5, 0.6) is 0 Å². The van der Waals surface area contributed by atoms with Crippen LogP contribution in [0, 0.1) is 11.2 Å². The van der Waals surface area contributed by atoms with Gasteiger partial charge in [0.05, 0.1) is 6.33 Å². The molecule has 2 nitrogen and oxygen atoms in total. The number of imidazole rings is 1. The third-order valence-electron chi connectivity index (χ3n) is 2.78. The molecular weight excluding hydrogens is 227 g/mol. The van der Waals surface area contributed by atoms with Crippen LogP contribution >= 0.6 is 0 Å². The number of hydrogen-bond donors (Lipinski definition) is 0. The van der Waals surface area contributed by atoms with E-state index in [1.54, 1.807) is 18.6 Å². The summed E-state index contributed by atoms with van der Waals surface area (Å²) < 4.78 is 15.8. The Kier molecular flexibility index (Phi) is 3.32. The molecule has 0 fully saturated rings. The van der Waals surface area contributed by atoms with Crippen molar-refractivity contribution in [2.24, 2.45) is 5.41 Å². The predicted octanol–water partition coefficient (Wildman–Crippen LogP) is 4.07. The Hall–Kier alpha value is -1.90. The molecule has 0 bridgehead atoms. The standard InChI is InChI=1S/C15H17FN2/c1-15(2,3)13(10-18-9-8-17-11-18)12-6-4-5-7-14(12)16/h4-11H,1-3H3. The summed E-state index contributed by atoms with van der Waals surface area (Å²) in [6, 6.07) is 6.86. The number of nitrogens with zero attached hydrogens (tertiary/aromatic N) is 2. The van der Waals surface area contributed by atoms with Gasteiger partial charge < -0.3 is 4.57 Å². The smallest absolute Gasteiger partial charge is 0.130 e. The van der Waals surface area contributed by atoms with E-state index in [1.807, 2.05) is 29.1 Å². The fraction of sp³-hybridized carbons (Fsp3) is 0.267. The van der Waals surface area contributed by atoms with Crippen LogP contribution in [0.25, 0.3) is 11.8 Å². The highest BCUT2D eigenvalue weighted by molar-refractivity contribution is 5.78. The minimum absolute atomic E-state index is 0.146. The molecule has 0 aliphatic heterocycles. The van der Waals surface area contributed by atoms with E-state index in [-0.39, 0.29) is 11.2 Å². The summed E-state index contributed by atoms with van der Waals surface area (Å²) in [6.07, 6.45) is 7.17. The van der Waals surface area contributed by atoms with E-state index in [4.69, 9.17) is 0 Å². The quantitative estimate of drug-likeness (QED) is 0.778. The molecule has 1 aromatic carbocycles. The molecule has 0 radical (unpaired) electrons. The molecule has 2 rings (SSSR count). The number of hydrogen-bond acceptors (Lipinski definition) is 1. The lowest BCUT2D eigenvalue weighted by atomic mass is 9.82. The van der Waals surface area contributed by atoms with Gasteiger partial charge in [0.1, 0.15) is 5.82 Å². The summed E-state index contributed by atoms with van der Waals surface area (Å²) in [5.41, 5.74) is 1.43. The van der Waals surface area contributed by atoms with Gasteiger partial charge in [0.2, 0.25) is 0 Å². The number of aromatic nitrogens is 2. The molecule has 0 aliphatic carbocycles. The molecule has 0 unspecified atom stereocenters. The molecule has 2 aromatic rings. The van der Waals surface area contributed by atoms with Gasteiger partial charge in [-0.1, -0.05) is 39.0 Å². The molecule has 18 heavy (non-hydrogen) atoms. The van der Waals surface area contributed by atoms with Crippen molar-refractivity contribution < 1.29 is 4.39 Å². The second-order valence-electron chi connectivity index (χ2n) is 5.28. The highest BCUT2D eigenvalue weighted by atomic mass is 19.1. The van der Waals surface area contributed by atoms with Crippen molar-refractivity contribution in [2.45, 2.75) is 20.8 Å². The number of rotatable bonds is 2. The fourth-order valence-corrected chi connectivity index (χ4v) is 1.84. The zero-order valence-electron chi connectivity index (χ0n) is 10.9. The molecular formula is C15H17FN2. The Balaban J connectivity index is 2.55. The van der Waals surface area contributed by atoms with Gasteiger partial charge in [-0.15, -0.1) is 0 Å². The summed E-state index contributed by atoms with van der Waals surface area (Å²) in [6.45, 7) is 6.21. The second-order valence-corrected chi connectivity index (χ2v) is 5.28. The van der Waals surface area contributed by atoms with Crippen LogP contribution in [-0.4, -0.2) is 9.55 Å². The van der Waals surface area contributed by atoms with Crippen molar-refractivity contribution in [1.29, 1.82) is 0 Å².